The molecule has 17 heavy (non-hydrogen) atoms. The van der Waals surface area contributed by atoms with Crippen molar-refractivity contribution < 1.29 is 5.11 Å². The first-order valence-corrected chi connectivity index (χ1v) is 7.06. The number of hydrogen-bond acceptors (Lipinski definition) is 1. The molecule has 90 valence electrons. The van der Waals surface area contributed by atoms with Crippen molar-refractivity contribution >= 4 is 0 Å². The number of benzene rings is 1. The highest BCUT2D eigenvalue weighted by atomic mass is 16.3. The Morgan fingerprint density at radius 3 is 2.35 bits per heavy atom. The Hall–Kier alpha value is -0.820. The Labute approximate surface area is 103 Å². The quantitative estimate of drug-likeness (QED) is 0.842. The summed E-state index contributed by atoms with van der Waals surface area (Å²) in [6, 6.07) is 10.7. The molecule has 5 unspecified atom stereocenters. The summed E-state index contributed by atoms with van der Waals surface area (Å²) in [5.41, 5.74) is 1.43. The van der Waals surface area contributed by atoms with E-state index in [0.717, 1.165) is 11.8 Å². The first-order chi connectivity index (χ1) is 8.33. The molecule has 0 spiro atoms. The number of aliphatic hydroxyl groups is 1. The number of aliphatic hydroxyl groups excluding tert-OH is 1. The van der Waals surface area contributed by atoms with E-state index in [2.05, 4.69) is 30.3 Å². The maximum Gasteiger partial charge on any atom is 0.0602 e. The summed E-state index contributed by atoms with van der Waals surface area (Å²) < 4.78 is 0. The summed E-state index contributed by atoms with van der Waals surface area (Å²) in [4.78, 5) is 0. The van der Waals surface area contributed by atoms with E-state index < -0.39 is 0 Å². The Balaban J connectivity index is 1.41. The van der Waals surface area contributed by atoms with Gasteiger partial charge in [0.25, 0.3) is 0 Å². The molecule has 0 bridgehead atoms. The minimum Gasteiger partial charge on any atom is -0.393 e. The van der Waals surface area contributed by atoms with Crippen LogP contribution >= 0.6 is 0 Å². The van der Waals surface area contributed by atoms with E-state index in [1.165, 1.54) is 31.2 Å². The van der Waals surface area contributed by atoms with Crippen LogP contribution in [0.2, 0.25) is 0 Å². The van der Waals surface area contributed by atoms with Gasteiger partial charge in [-0.1, -0.05) is 30.3 Å². The molecule has 5 atom stereocenters. The van der Waals surface area contributed by atoms with Crippen LogP contribution in [0.3, 0.4) is 0 Å². The molecule has 0 radical (unpaired) electrons. The lowest BCUT2D eigenvalue weighted by molar-refractivity contribution is 0.0812. The van der Waals surface area contributed by atoms with Crippen molar-refractivity contribution in [2.24, 2.45) is 23.7 Å². The highest BCUT2D eigenvalue weighted by molar-refractivity contribution is 5.26. The maximum atomic E-state index is 10.5. The largest absolute Gasteiger partial charge is 0.393 e. The average Bonchev–Trinajstić information content (AvgIpc) is 3.28. The van der Waals surface area contributed by atoms with Gasteiger partial charge in [-0.25, -0.2) is 0 Å². The molecule has 1 N–H and O–H groups in total. The van der Waals surface area contributed by atoms with E-state index in [1.54, 1.807) is 0 Å². The lowest BCUT2D eigenvalue weighted by Crippen LogP contribution is -2.22. The van der Waals surface area contributed by atoms with Gasteiger partial charge in [0.2, 0.25) is 0 Å². The van der Waals surface area contributed by atoms with Gasteiger partial charge in [0, 0.05) is 0 Å². The highest BCUT2D eigenvalue weighted by Gasteiger charge is 2.52. The van der Waals surface area contributed by atoms with Crippen molar-refractivity contribution in [2.45, 2.75) is 37.7 Å². The SMILES string of the molecule is OC(C1CC2CC2C1)C1CC1c1ccccc1. The minimum absolute atomic E-state index is 0.0204. The lowest BCUT2D eigenvalue weighted by atomic mass is 9.92. The number of rotatable bonds is 3. The van der Waals surface area contributed by atoms with Gasteiger partial charge < -0.3 is 5.11 Å². The van der Waals surface area contributed by atoms with Crippen LogP contribution in [0.5, 0.6) is 0 Å². The third-order valence-electron chi connectivity index (χ3n) is 5.27. The van der Waals surface area contributed by atoms with Crippen molar-refractivity contribution in [3.63, 3.8) is 0 Å². The molecule has 0 aliphatic heterocycles. The third kappa shape index (κ3) is 1.72. The third-order valence-corrected chi connectivity index (χ3v) is 5.27. The molecule has 3 fully saturated rings. The van der Waals surface area contributed by atoms with Crippen LogP contribution in [0.4, 0.5) is 0 Å². The van der Waals surface area contributed by atoms with Gasteiger partial charge in [-0.05, 0) is 60.8 Å². The van der Waals surface area contributed by atoms with Crippen LogP contribution in [0, 0.1) is 23.7 Å². The predicted molar refractivity (Wildman–Crippen MR) is 67.6 cm³/mol. The number of fused-ring (bicyclic) bond motifs is 1. The molecule has 0 aromatic heterocycles. The molecule has 4 rings (SSSR count). The Kier molecular flexibility index (Phi) is 2.14. The second-order valence-corrected chi connectivity index (χ2v) is 6.39. The molecule has 1 aromatic rings. The van der Waals surface area contributed by atoms with Gasteiger partial charge in [-0.3, -0.25) is 0 Å². The summed E-state index contributed by atoms with van der Waals surface area (Å²) >= 11 is 0. The molecule has 1 nitrogen and oxygen atoms in total. The summed E-state index contributed by atoms with van der Waals surface area (Å²) in [6.07, 6.45) is 5.26. The van der Waals surface area contributed by atoms with Crippen LogP contribution in [0.25, 0.3) is 0 Å². The lowest BCUT2D eigenvalue weighted by Gasteiger charge is -2.19. The van der Waals surface area contributed by atoms with Gasteiger partial charge in [0.05, 0.1) is 6.10 Å². The summed E-state index contributed by atoms with van der Waals surface area (Å²) in [5.74, 6) is 3.80. The molecule has 3 aliphatic carbocycles. The van der Waals surface area contributed by atoms with Gasteiger partial charge in [0.1, 0.15) is 0 Å². The van der Waals surface area contributed by atoms with Crippen LogP contribution < -0.4 is 0 Å². The van der Waals surface area contributed by atoms with Crippen LogP contribution in [-0.4, -0.2) is 11.2 Å². The fraction of sp³-hybridized carbons (Fsp3) is 0.625. The summed E-state index contributed by atoms with van der Waals surface area (Å²) in [6.45, 7) is 0. The average molecular weight is 228 g/mol. The smallest absolute Gasteiger partial charge is 0.0602 e. The summed E-state index contributed by atoms with van der Waals surface area (Å²) in [7, 11) is 0. The number of hydrogen-bond donors (Lipinski definition) is 1. The van der Waals surface area contributed by atoms with E-state index >= 15 is 0 Å². The highest BCUT2D eigenvalue weighted by Crippen LogP contribution is 2.59. The van der Waals surface area contributed by atoms with Gasteiger partial charge in [-0.2, -0.15) is 0 Å². The van der Waals surface area contributed by atoms with Gasteiger partial charge in [-0.15, -0.1) is 0 Å². The molecule has 0 saturated heterocycles. The zero-order valence-corrected chi connectivity index (χ0v) is 10.1. The maximum absolute atomic E-state index is 10.5. The van der Waals surface area contributed by atoms with Crippen molar-refractivity contribution in [2.75, 3.05) is 0 Å². The zero-order valence-electron chi connectivity index (χ0n) is 10.1. The molecular formula is C16H20O. The predicted octanol–water partition coefficient (Wildman–Crippen LogP) is 3.20. The standard InChI is InChI=1S/C16H20O/c17-16(13-7-11-6-12(11)8-13)15-9-14(15)10-4-2-1-3-5-10/h1-5,11-17H,6-9H2. The molecule has 0 amide bonds. The van der Waals surface area contributed by atoms with Crippen LogP contribution in [-0.2, 0) is 0 Å². The van der Waals surface area contributed by atoms with E-state index in [-0.39, 0.29) is 6.10 Å². The molecular weight excluding hydrogens is 208 g/mol. The fourth-order valence-corrected chi connectivity index (χ4v) is 4.07. The molecule has 3 aliphatic rings. The monoisotopic (exact) mass is 228 g/mol. The van der Waals surface area contributed by atoms with Crippen LogP contribution in [0.15, 0.2) is 30.3 Å². The van der Waals surface area contributed by atoms with E-state index in [0.29, 0.717) is 17.8 Å². The Morgan fingerprint density at radius 1 is 0.941 bits per heavy atom. The summed E-state index contributed by atoms with van der Waals surface area (Å²) in [5, 5.41) is 10.5. The first-order valence-electron chi connectivity index (χ1n) is 7.06. The second kappa shape index (κ2) is 3.58. The molecule has 0 heterocycles. The normalized spacial score (nSPS) is 44.2. The van der Waals surface area contributed by atoms with E-state index in [9.17, 15) is 5.11 Å². The Bertz CT molecular complexity index is 403. The van der Waals surface area contributed by atoms with Crippen LogP contribution in [0.1, 0.15) is 37.2 Å². The topological polar surface area (TPSA) is 20.2 Å². The van der Waals surface area contributed by atoms with E-state index in [1.807, 2.05) is 0 Å². The van der Waals surface area contributed by atoms with E-state index in [4.69, 9.17) is 0 Å². The van der Waals surface area contributed by atoms with Crippen molar-refractivity contribution in [1.82, 2.24) is 0 Å². The molecule has 1 heteroatoms. The van der Waals surface area contributed by atoms with Crippen molar-refractivity contribution in [3.8, 4) is 0 Å². The van der Waals surface area contributed by atoms with Crippen molar-refractivity contribution in [1.29, 1.82) is 0 Å². The molecule has 1 aromatic carbocycles. The Morgan fingerprint density at radius 2 is 1.65 bits per heavy atom. The fourth-order valence-electron chi connectivity index (χ4n) is 4.07. The van der Waals surface area contributed by atoms with Crippen molar-refractivity contribution in [3.05, 3.63) is 35.9 Å². The van der Waals surface area contributed by atoms with Gasteiger partial charge in [0.15, 0.2) is 0 Å². The zero-order chi connectivity index (χ0) is 11.4. The van der Waals surface area contributed by atoms with Gasteiger partial charge >= 0.3 is 0 Å². The second-order valence-electron chi connectivity index (χ2n) is 6.39. The molecule has 3 saturated carbocycles. The first kappa shape index (κ1) is 10.1. The minimum atomic E-state index is -0.0204.